The molecule has 3 atom stereocenters. The lowest BCUT2D eigenvalue weighted by atomic mass is 10.1. The molecule has 0 aromatic heterocycles. The van der Waals surface area contributed by atoms with Gasteiger partial charge in [0.25, 0.3) is 0 Å². The van der Waals surface area contributed by atoms with Crippen LogP contribution in [0.1, 0.15) is 12.8 Å². The number of thioether (sulfide) groups is 1. The van der Waals surface area contributed by atoms with Crippen molar-refractivity contribution < 1.29 is 4.79 Å². The van der Waals surface area contributed by atoms with Crippen molar-refractivity contribution >= 4 is 30.1 Å². The highest BCUT2D eigenvalue weighted by Gasteiger charge is 2.48. The summed E-state index contributed by atoms with van der Waals surface area (Å²) in [6, 6.07) is 0.838. The van der Waals surface area contributed by atoms with Gasteiger partial charge in [0.15, 0.2) is 0 Å². The largest absolute Gasteiger partial charge is 0.340 e. The van der Waals surface area contributed by atoms with Crippen LogP contribution in [-0.4, -0.2) is 47.5 Å². The molecular formula is C10H17ClN2OS. The number of piperidine rings is 1. The Morgan fingerprint density at radius 2 is 2.00 bits per heavy atom. The summed E-state index contributed by atoms with van der Waals surface area (Å²) >= 11 is 1.95. The van der Waals surface area contributed by atoms with Crippen molar-refractivity contribution in [1.29, 1.82) is 0 Å². The maximum Gasteiger partial charge on any atom is 0.239 e. The molecule has 2 aliphatic heterocycles. The minimum Gasteiger partial charge on any atom is -0.340 e. The van der Waals surface area contributed by atoms with E-state index in [1.165, 1.54) is 6.42 Å². The number of fused-ring (bicyclic) bond motifs is 1. The fourth-order valence-electron chi connectivity index (χ4n) is 2.52. The number of carbonyl (C=O) groups excluding carboxylic acids is 1. The number of amides is 1. The molecule has 3 nitrogen and oxygen atoms in total. The van der Waals surface area contributed by atoms with Gasteiger partial charge in [0, 0.05) is 30.6 Å². The van der Waals surface area contributed by atoms with Gasteiger partial charge in [-0.2, -0.15) is 11.8 Å². The lowest BCUT2D eigenvalue weighted by Gasteiger charge is -2.29. The third-order valence-electron chi connectivity index (χ3n) is 3.50. The predicted octanol–water partition coefficient (Wildman–Crippen LogP) is 0.734. The molecule has 3 aliphatic rings. The van der Waals surface area contributed by atoms with Crippen LogP contribution in [0.15, 0.2) is 0 Å². The first-order valence-electron chi connectivity index (χ1n) is 5.47. The quantitative estimate of drug-likeness (QED) is 0.743. The Kier molecular flexibility index (Phi) is 3.48. The number of carbonyl (C=O) groups is 1. The maximum atomic E-state index is 12.0. The van der Waals surface area contributed by atoms with E-state index < -0.39 is 0 Å². The molecule has 1 saturated carbocycles. The van der Waals surface area contributed by atoms with E-state index in [-0.39, 0.29) is 18.4 Å². The van der Waals surface area contributed by atoms with Gasteiger partial charge in [0.2, 0.25) is 5.91 Å². The summed E-state index contributed by atoms with van der Waals surface area (Å²) < 4.78 is 0. The highest BCUT2D eigenvalue weighted by atomic mass is 35.5. The lowest BCUT2D eigenvalue weighted by Crippen LogP contribution is -2.47. The third kappa shape index (κ3) is 2.27. The predicted molar refractivity (Wildman–Crippen MR) is 64.6 cm³/mol. The first-order valence-corrected chi connectivity index (χ1v) is 6.62. The highest BCUT2D eigenvalue weighted by molar-refractivity contribution is 7.99. The Balaban J connectivity index is 0.000000853. The minimum absolute atomic E-state index is 0. The molecular weight excluding hydrogens is 232 g/mol. The van der Waals surface area contributed by atoms with Crippen LogP contribution in [0.2, 0.25) is 0 Å². The van der Waals surface area contributed by atoms with E-state index in [1.54, 1.807) is 0 Å². The summed E-state index contributed by atoms with van der Waals surface area (Å²) in [5.41, 5.74) is 0. The third-order valence-corrected chi connectivity index (χ3v) is 4.44. The van der Waals surface area contributed by atoms with Gasteiger partial charge in [-0.1, -0.05) is 0 Å². The van der Waals surface area contributed by atoms with Crippen molar-refractivity contribution in [3.05, 3.63) is 0 Å². The van der Waals surface area contributed by atoms with Crippen LogP contribution in [0.4, 0.5) is 0 Å². The zero-order valence-corrected chi connectivity index (χ0v) is 10.3. The van der Waals surface area contributed by atoms with Gasteiger partial charge in [0.05, 0.1) is 6.04 Å². The molecule has 0 spiro atoms. The van der Waals surface area contributed by atoms with Crippen LogP contribution in [0, 0.1) is 5.92 Å². The molecule has 0 aromatic rings. The molecule has 2 saturated heterocycles. The van der Waals surface area contributed by atoms with Crippen molar-refractivity contribution in [3.63, 3.8) is 0 Å². The maximum absolute atomic E-state index is 12.0. The van der Waals surface area contributed by atoms with Crippen LogP contribution in [0.3, 0.4) is 0 Å². The van der Waals surface area contributed by atoms with E-state index >= 15 is 0 Å². The Morgan fingerprint density at radius 3 is 2.60 bits per heavy atom. The number of nitrogens with one attached hydrogen (secondary N) is 1. The first kappa shape index (κ1) is 11.6. The Morgan fingerprint density at radius 1 is 1.27 bits per heavy atom. The minimum atomic E-state index is 0. The van der Waals surface area contributed by atoms with E-state index in [4.69, 9.17) is 0 Å². The van der Waals surface area contributed by atoms with Crippen LogP contribution in [0.5, 0.6) is 0 Å². The molecule has 0 unspecified atom stereocenters. The average molecular weight is 249 g/mol. The van der Waals surface area contributed by atoms with Crippen LogP contribution in [0.25, 0.3) is 0 Å². The molecule has 0 bridgehead atoms. The van der Waals surface area contributed by atoms with Crippen LogP contribution < -0.4 is 5.32 Å². The van der Waals surface area contributed by atoms with Gasteiger partial charge in [-0.15, -0.1) is 12.4 Å². The molecule has 1 amide bonds. The summed E-state index contributed by atoms with van der Waals surface area (Å²) in [4.78, 5) is 14.1. The van der Waals surface area contributed by atoms with Crippen molar-refractivity contribution in [3.8, 4) is 0 Å². The fraction of sp³-hybridized carbons (Fsp3) is 0.900. The van der Waals surface area contributed by atoms with Crippen LogP contribution in [-0.2, 0) is 4.79 Å². The monoisotopic (exact) mass is 248 g/mol. The zero-order chi connectivity index (χ0) is 9.54. The Labute approximate surface area is 101 Å². The van der Waals surface area contributed by atoms with Crippen molar-refractivity contribution in [1.82, 2.24) is 10.2 Å². The number of hydrogen-bond donors (Lipinski definition) is 1. The van der Waals surface area contributed by atoms with E-state index in [0.717, 1.165) is 36.9 Å². The molecule has 1 N–H and O–H groups in total. The zero-order valence-electron chi connectivity index (χ0n) is 8.65. The normalized spacial score (nSPS) is 38.1. The Hall–Kier alpha value is 0.0700. The van der Waals surface area contributed by atoms with Gasteiger partial charge in [-0.25, -0.2) is 0 Å². The summed E-state index contributed by atoms with van der Waals surface area (Å²) in [6.45, 7) is 1.91. The van der Waals surface area contributed by atoms with Crippen molar-refractivity contribution in [2.75, 3.05) is 24.6 Å². The number of halogens is 1. The second kappa shape index (κ2) is 4.52. The van der Waals surface area contributed by atoms with E-state index in [1.807, 2.05) is 16.7 Å². The average Bonchev–Trinajstić information content (AvgIpc) is 2.86. The molecule has 2 heterocycles. The fourth-order valence-corrected chi connectivity index (χ4v) is 3.42. The molecule has 3 rings (SSSR count). The summed E-state index contributed by atoms with van der Waals surface area (Å²) in [5, 5.41) is 3.43. The lowest BCUT2D eigenvalue weighted by molar-refractivity contribution is -0.132. The van der Waals surface area contributed by atoms with Crippen molar-refractivity contribution in [2.24, 2.45) is 5.92 Å². The first-order chi connectivity index (χ1) is 6.84. The number of hydrogen-bond acceptors (Lipinski definition) is 3. The van der Waals surface area contributed by atoms with Gasteiger partial charge in [0.1, 0.15) is 0 Å². The number of rotatable bonds is 1. The highest BCUT2D eigenvalue weighted by Crippen LogP contribution is 2.41. The van der Waals surface area contributed by atoms with Crippen LogP contribution >= 0.6 is 24.2 Å². The number of nitrogens with zero attached hydrogens (tertiary/aromatic N) is 1. The molecule has 0 radical (unpaired) electrons. The topological polar surface area (TPSA) is 32.3 Å². The standard InChI is InChI=1S/C10H16N2OS.ClH/c13-10(12-1-3-14-4-2-12)9-6-7-5-8(7)11-9;/h7-9,11H,1-6H2;1H/t7-,8-,9+;/m1./s1. The van der Waals surface area contributed by atoms with Gasteiger partial charge >= 0.3 is 0 Å². The molecule has 1 aliphatic carbocycles. The SMILES string of the molecule is Cl.O=C([C@@H]1C[C@H]2C[C@H]2N1)N1CCSCC1. The Bertz CT molecular complexity index is 244. The van der Waals surface area contributed by atoms with E-state index in [2.05, 4.69) is 5.32 Å². The second-order valence-electron chi connectivity index (χ2n) is 4.49. The smallest absolute Gasteiger partial charge is 0.239 e. The van der Waals surface area contributed by atoms with E-state index in [0.29, 0.717) is 11.9 Å². The van der Waals surface area contributed by atoms with E-state index in [9.17, 15) is 4.79 Å². The second-order valence-corrected chi connectivity index (χ2v) is 5.72. The van der Waals surface area contributed by atoms with Gasteiger partial charge < -0.3 is 10.2 Å². The molecule has 3 fully saturated rings. The van der Waals surface area contributed by atoms with Crippen molar-refractivity contribution in [2.45, 2.75) is 24.9 Å². The molecule has 0 aromatic carbocycles. The van der Waals surface area contributed by atoms with Gasteiger partial charge in [-0.3, -0.25) is 4.79 Å². The van der Waals surface area contributed by atoms with Gasteiger partial charge in [-0.05, 0) is 18.8 Å². The molecule has 15 heavy (non-hydrogen) atoms. The molecule has 5 heteroatoms. The summed E-state index contributed by atoms with van der Waals surface area (Å²) in [6.07, 6.45) is 2.40. The summed E-state index contributed by atoms with van der Waals surface area (Å²) in [5.74, 6) is 3.41. The summed E-state index contributed by atoms with van der Waals surface area (Å²) in [7, 11) is 0. The molecule has 86 valence electrons.